The van der Waals surface area contributed by atoms with Crippen LogP contribution in [-0.2, 0) is 46.0 Å². The molecule has 0 aromatic heterocycles. The fraction of sp³-hybridized carbons (Fsp3) is 0.0588. The zero-order valence-corrected chi connectivity index (χ0v) is 22.3. The van der Waals surface area contributed by atoms with Gasteiger partial charge in [-0.15, -0.1) is 0 Å². The van der Waals surface area contributed by atoms with E-state index in [9.17, 15) is 0 Å². The SMILES string of the molecule is [Fe+2].[Fe+2].c1cc[cH-]c1.c1cc[cH-]c1.c1ccc(CC(c2ccccc2)([c-]2cccc2)[c-]2cccc2)cc1. The van der Waals surface area contributed by atoms with Gasteiger partial charge in [-0.3, -0.25) is 0 Å². The van der Waals surface area contributed by atoms with Crippen LogP contribution in [0.15, 0.2) is 170 Å². The van der Waals surface area contributed by atoms with E-state index in [-0.39, 0.29) is 39.6 Å². The molecule has 0 N–H and O–H groups in total. The minimum atomic E-state index is -0.157. The molecule has 0 aliphatic heterocycles. The minimum absolute atomic E-state index is 0. The Labute approximate surface area is 237 Å². The standard InChI is InChI=1S/C24H20.2C5H5.2Fe/c1-3-11-20(12-4-1)19-24(22-15-7-8-16-22,23-17-9-10-18-23)21-13-5-2-6-14-21;2*1-2-4-5-3-1;;/h1-18H,19H2;2*1-5H;;/q-2;2*-1;2*+2. The van der Waals surface area contributed by atoms with Crippen LogP contribution in [0.3, 0.4) is 0 Å². The predicted octanol–water partition coefficient (Wildman–Crippen LogP) is 8.51. The molecule has 36 heavy (non-hydrogen) atoms. The molecule has 0 bridgehead atoms. The fourth-order valence-corrected chi connectivity index (χ4v) is 4.39. The fourth-order valence-electron chi connectivity index (χ4n) is 4.39. The molecule has 0 fully saturated rings. The zero-order valence-electron chi connectivity index (χ0n) is 20.1. The van der Waals surface area contributed by atoms with Gasteiger partial charge in [0.2, 0.25) is 0 Å². The summed E-state index contributed by atoms with van der Waals surface area (Å²) >= 11 is 0. The Balaban J connectivity index is 0.000000317. The van der Waals surface area contributed by atoms with E-state index in [2.05, 4.69) is 109 Å². The van der Waals surface area contributed by atoms with Crippen LogP contribution in [0.5, 0.6) is 0 Å². The van der Waals surface area contributed by atoms with Gasteiger partial charge in [0.05, 0.1) is 0 Å². The normalized spacial score (nSPS) is 9.89. The summed E-state index contributed by atoms with van der Waals surface area (Å²) in [4.78, 5) is 0. The molecule has 0 aliphatic rings. The maximum atomic E-state index is 2.25. The number of rotatable bonds is 5. The van der Waals surface area contributed by atoms with Crippen molar-refractivity contribution in [2.45, 2.75) is 11.8 Å². The van der Waals surface area contributed by atoms with Crippen LogP contribution in [-0.4, -0.2) is 0 Å². The Kier molecular flexibility index (Phi) is 12.8. The van der Waals surface area contributed by atoms with E-state index in [1.165, 1.54) is 22.3 Å². The van der Waals surface area contributed by atoms with Crippen LogP contribution < -0.4 is 0 Å². The molecule has 0 spiro atoms. The topological polar surface area (TPSA) is 0 Å². The molecular weight excluding hydrogens is 520 g/mol. The van der Waals surface area contributed by atoms with Crippen molar-refractivity contribution in [1.29, 1.82) is 0 Å². The van der Waals surface area contributed by atoms with Gasteiger partial charge < -0.3 is 0 Å². The molecular formula is C34H30Fe2. The van der Waals surface area contributed by atoms with Gasteiger partial charge in [0, 0.05) is 0 Å². The summed E-state index contributed by atoms with van der Waals surface area (Å²) in [5.74, 6) is 0. The van der Waals surface area contributed by atoms with E-state index in [4.69, 9.17) is 0 Å². The maximum absolute atomic E-state index is 2.25. The van der Waals surface area contributed by atoms with Crippen LogP contribution in [0.1, 0.15) is 22.3 Å². The third-order valence-electron chi connectivity index (χ3n) is 6.00. The first-order valence-electron chi connectivity index (χ1n) is 11.8. The first-order chi connectivity index (χ1) is 16.9. The summed E-state index contributed by atoms with van der Waals surface area (Å²) in [6, 6.07) is 59.2. The molecule has 0 unspecified atom stereocenters. The Morgan fingerprint density at radius 3 is 1.22 bits per heavy atom. The van der Waals surface area contributed by atoms with Crippen molar-refractivity contribution in [3.05, 3.63) is 192 Å². The molecule has 0 atom stereocenters. The van der Waals surface area contributed by atoms with Crippen LogP contribution in [0.25, 0.3) is 0 Å². The quantitative estimate of drug-likeness (QED) is 0.149. The van der Waals surface area contributed by atoms with Gasteiger partial charge >= 0.3 is 34.1 Å². The van der Waals surface area contributed by atoms with E-state index >= 15 is 0 Å². The second-order valence-corrected chi connectivity index (χ2v) is 8.21. The summed E-state index contributed by atoms with van der Waals surface area (Å²) in [6.07, 6.45) is 0.950. The zero-order chi connectivity index (χ0) is 23.3. The van der Waals surface area contributed by atoms with E-state index < -0.39 is 0 Å². The molecule has 0 saturated heterocycles. The van der Waals surface area contributed by atoms with Crippen LogP contribution in [0, 0.1) is 0 Å². The molecule has 182 valence electrons. The molecule has 0 saturated carbocycles. The van der Waals surface area contributed by atoms with Crippen molar-refractivity contribution >= 4 is 0 Å². The summed E-state index contributed by atoms with van der Waals surface area (Å²) in [7, 11) is 0. The molecule has 0 aliphatic carbocycles. The smallest absolute Gasteiger partial charge is 0.214 e. The molecule has 6 aromatic carbocycles. The van der Waals surface area contributed by atoms with E-state index in [0.717, 1.165) is 6.42 Å². The molecule has 0 heterocycles. The summed E-state index contributed by atoms with van der Waals surface area (Å²) in [5, 5.41) is 0. The summed E-state index contributed by atoms with van der Waals surface area (Å²) < 4.78 is 0. The predicted molar refractivity (Wildman–Crippen MR) is 145 cm³/mol. The Hall–Kier alpha value is -3.12. The maximum Gasteiger partial charge on any atom is 2.00 e. The molecule has 0 nitrogen and oxygen atoms in total. The van der Waals surface area contributed by atoms with Crippen molar-refractivity contribution in [3.8, 4) is 0 Å². The van der Waals surface area contributed by atoms with Crippen molar-refractivity contribution in [2.75, 3.05) is 0 Å². The van der Waals surface area contributed by atoms with Gasteiger partial charge in [-0.25, -0.2) is 48.5 Å². The average Bonchev–Trinajstić information content (AvgIpc) is 3.71. The minimum Gasteiger partial charge on any atom is -0.214 e. The van der Waals surface area contributed by atoms with Gasteiger partial charge in [0.1, 0.15) is 0 Å². The Morgan fingerprint density at radius 2 is 0.861 bits per heavy atom. The van der Waals surface area contributed by atoms with Crippen molar-refractivity contribution in [2.24, 2.45) is 0 Å². The average molecular weight is 550 g/mol. The third-order valence-corrected chi connectivity index (χ3v) is 6.00. The molecule has 0 amide bonds. The number of hydrogen-bond donors (Lipinski definition) is 0. The Morgan fingerprint density at radius 1 is 0.472 bits per heavy atom. The number of benzene rings is 2. The number of hydrogen-bond acceptors (Lipinski definition) is 0. The third kappa shape index (κ3) is 7.69. The van der Waals surface area contributed by atoms with Gasteiger partial charge in [0.15, 0.2) is 0 Å². The molecule has 0 radical (unpaired) electrons. The molecule has 2 heteroatoms. The van der Waals surface area contributed by atoms with Gasteiger partial charge in [-0.2, -0.15) is 71.8 Å². The second kappa shape index (κ2) is 15.8. The van der Waals surface area contributed by atoms with E-state index in [0.29, 0.717) is 0 Å². The molecule has 6 rings (SSSR count). The first kappa shape index (κ1) is 29.1. The van der Waals surface area contributed by atoms with E-state index in [1.54, 1.807) is 0 Å². The van der Waals surface area contributed by atoms with Gasteiger partial charge in [-0.05, 0) is 17.4 Å². The van der Waals surface area contributed by atoms with Crippen LogP contribution in [0.4, 0.5) is 0 Å². The van der Waals surface area contributed by atoms with Crippen molar-refractivity contribution in [3.63, 3.8) is 0 Å². The first-order valence-corrected chi connectivity index (χ1v) is 11.8. The van der Waals surface area contributed by atoms with Gasteiger partial charge in [-0.1, -0.05) is 66.2 Å². The van der Waals surface area contributed by atoms with Crippen molar-refractivity contribution < 1.29 is 34.1 Å². The second-order valence-electron chi connectivity index (χ2n) is 8.21. The monoisotopic (exact) mass is 550 g/mol. The van der Waals surface area contributed by atoms with E-state index in [1.807, 2.05) is 60.7 Å². The largest absolute Gasteiger partial charge is 2.00 e. The van der Waals surface area contributed by atoms with Gasteiger partial charge in [0.25, 0.3) is 0 Å². The molecule has 6 aromatic rings. The van der Waals surface area contributed by atoms with Crippen LogP contribution >= 0.6 is 0 Å². The van der Waals surface area contributed by atoms with Crippen molar-refractivity contribution in [1.82, 2.24) is 0 Å². The summed E-state index contributed by atoms with van der Waals surface area (Å²) in [5.41, 5.74) is 5.23. The van der Waals surface area contributed by atoms with Crippen LogP contribution in [0.2, 0.25) is 0 Å². The summed E-state index contributed by atoms with van der Waals surface area (Å²) in [6.45, 7) is 0. The Bertz CT molecular complexity index is 1140.